The SMILES string of the molecule is O=c1c2ccccc2ncn1CC1CCC(O)CN1. The molecule has 2 atom stereocenters. The van der Waals surface area contributed by atoms with E-state index in [0.717, 1.165) is 18.4 Å². The summed E-state index contributed by atoms with van der Waals surface area (Å²) in [6.07, 6.45) is 3.01. The number of fused-ring (bicyclic) bond motifs is 1. The largest absolute Gasteiger partial charge is 0.392 e. The Morgan fingerprint density at radius 1 is 1.37 bits per heavy atom. The van der Waals surface area contributed by atoms with E-state index in [1.54, 1.807) is 17.0 Å². The lowest BCUT2D eigenvalue weighted by atomic mass is 10.0. The summed E-state index contributed by atoms with van der Waals surface area (Å²) < 4.78 is 1.65. The van der Waals surface area contributed by atoms with Crippen LogP contribution in [-0.2, 0) is 6.54 Å². The average molecular weight is 259 g/mol. The van der Waals surface area contributed by atoms with E-state index in [1.165, 1.54) is 0 Å². The zero-order valence-electron chi connectivity index (χ0n) is 10.6. The molecule has 0 radical (unpaired) electrons. The molecule has 5 nitrogen and oxygen atoms in total. The Kier molecular flexibility index (Phi) is 3.31. The molecule has 5 heteroatoms. The van der Waals surface area contributed by atoms with Crippen molar-refractivity contribution in [2.75, 3.05) is 6.54 Å². The van der Waals surface area contributed by atoms with Crippen LogP contribution in [0.1, 0.15) is 12.8 Å². The number of hydrogen-bond donors (Lipinski definition) is 2. The summed E-state index contributed by atoms with van der Waals surface area (Å²) in [4.78, 5) is 16.6. The Hall–Kier alpha value is -1.72. The van der Waals surface area contributed by atoms with Crippen LogP contribution < -0.4 is 10.9 Å². The lowest BCUT2D eigenvalue weighted by Gasteiger charge is -2.27. The van der Waals surface area contributed by atoms with Crippen molar-refractivity contribution in [2.24, 2.45) is 0 Å². The number of benzene rings is 1. The summed E-state index contributed by atoms with van der Waals surface area (Å²) >= 11 is 0. The number of piperidine rings is 1. The number of nitrogens with zero attached hydrogens (tertiary/aromatic N) is 2. The number of aliphatic hydroxyl groups is 1. The molecule has 1 aliphatic heterocycles. The summed E-state index contributed by atoms with van der Waals surface area (Å²) in [6, 6.07) is 7.60. The Balaban J connectivity index is 1.85. The number of aliphatic hydroxyl groups excluding tert-OH is 1. The molecule has 1 aromatic heterocycles. The van der Waals surface area contributed by atoms with Crippen LogP contribution in [-0.4, -0.2) is 33.3 Å². The van der Waals surface area contributed by atoms with E-state index in [4.69, 9.17) is 0 Å². The van der Waals surface area contributed by atoms with Gasteiger partial charge in [0.05, 0.1) is 23.3 Å². The lowest BCUT2D eigenvalue weighted by molar-refractivity contribution is 0.122. The highest BCUT2D eigenvalue weighted by molar-refractivity contribution is 5.76. The molecule has 0 spiro atoms. The van der Waals surface area contributed by atoms with Gasteiger partial charge in [-0.25, -0.2) is 4.98 Å². The van der Waals surface area contributed by atoms with Crippen molar-refractivity contribution < 1.29 is 5.11 Å². The van der Waals surface area contributed by atoms with Crippen molar-refractivity contribution in [3.05, 3.63) is 40.9 Å². The standard InChI is InChI=1S/C14H17N3O2/c18-11-6-5-10(15-7-11)8-17-9-16-13-4-2-1-3-12(13)14(17)19/h1-4,9-11,15,18H,5-8H2. The molecule has 0 bridgehead atoms. The van der Waals surface area contributed by atoms with Crippen molar-refractivity contribution >= 4 is 10.9 Å². The summed E-state index contributed by atoms with van der Waals surface area (Å²) in [7, 11) is 0. The van der Waals surface area contributed by atoms with Gasteiger partial charge in [-0.2, -0.15) is 0 Å². The molecular formula is C14H17N3O2. The predicted molar refractivity (Wildman–Crippen MR) is 73.0 cm³/mol. The van der Waals surface area contributed by atoms with Gasteiger partial charge in [0, 0.05) is 19.1 Å². The summed E-state index contributed by atoms with van der Waals surface area (Å²) in [5.41, 5.74) is 0.731. The van der Waals surface area contributed by atoms with Crippen LogP contribution in [0, 0.1) is 0 Å². The van der Waals surface area contributed by atoms with Gasteiger partial charge >= 0.3 is 0 Å². The third-order valence-corrected chi connectivity index (χ3v) is 3.64. The van der Waals surface area contributed by atoms with Gasteiger partial charge in [0.15, 0.2) is 0 Å². The molecule has 2 N–H and O–H groups in total. The maximum Gasteiger partial charge on any atom is 0.261 e. The van der Waals surface area contributed by atoms with E-state index in [2.05, 4.69) is 10.3 Å². The highest BCUT2D eigenvalue weighted by Crippen LogP contribution is 2.10. The summed E-state index contributed by atoms with van der Waals surface area (Å²) in [5.74, 6) is 0. The Bertz CT molecular complexity index is 630. The Labute approximate surface area is 110 Å². The fourth-order valence-corrected chi connectivity index (χ4v) is 2.53. The normalized spacial score (nSPS) is 23.6. The Morgan fingerprint density at radius 2 is 2.21 bits per heavy atom. The predicted octanol–water partition coefficient (Wildman–Crippen LogP) is 0.509. The fraction of sp³-hybridized carbons (Fsp3) is 0.429. The number of β-amino-alcohol motifs (C(OH)–C–C–N with tert-alkyl or cyclic N) is 1. The van der Waals surface area contributed by atoms with E-state index >= 15 is 0 Å². The molecule has 100 valence electrons. The molecule has 2 aromatic rings. The number of rotatable bonds is 2. The van der Waals surface area contributed by atoms with Gasteiger partial charge in [0.2, 0.25) is 0 Å². The third-order valence-electron chi connectivity index (χ3n) is 3.64. The molecular weight excluding hydrogens is 242 g/mol. The maximum atomic E-state index is 12.3. The maximum absolute atomic E-state index is 12.3. The highest BCUT2D eigenvalue weighted by atomic mass is 16.3. The molecule has 0 saturated carbocycles. The minimum atomic E-state index is -0.261. The number of hydrogen-bond acceptors (Lipinski definition) is 4. The molecule has 19 heavy (non-hydrogen) atoms. The van der Waals surface area contributed by atoms with E-state index in [-0.39, 0.29) is 17.7 Å². The van der Waals surface area contributed by atoms with Gasteiger partial charge in [-0.3, -0.25) is 9.36 Å². The fourth-order valence-electron chi connectivity index (χ4n) is 2.53. The first kappa shape index (κ1) is 12.3. The van der Waals surface area contributed by atoms with Crippen LogP contribution in [0.15, 0.2) is 35.4 Å². The van der Waals surface area contributed by atoms with E-state index < -0.39 is 0 Å². The zero-order valence-corrected chi connectivity index (χ0v) is 10.6. The highest BCUT2D eigenvalue weighted by Gasteiger charge is 2.19. The van der Waals surface area contributed by atoms with Crippen LogP contribution in [0.5, 0.6) is 0 Å². The lowest BCUT2D eigenvalue weighted by Crippen LogP contribution is -2.45. The van der Waals surface area contributed by atoms with Crippen LogP contribution >= 0.6 is 0 Å². The second-order valence-corrected chi connectivity index (χ2v) is 5.06. The number of para-hydroxylation sites is 1. The molecule has 0 amide bonds. The number of nitrogens with one attached hydrogen (secondary N) is 1. The molecule has 0 aliphatic carbocycles. The van der Waals surface area contributed by atoms with Gasteiger partial charge < -0.3 is 10.4 Å². The van der Waals surface area contributed by atoms with Gasteiger partial charge in [0.1, 0.15) is 0 Å². The van der Waals surface area contributed by atoms with E-state index in [0.29, 0.717) is 18.5 Å². The second kappa shape index (κ2) is 5.11. The van der Waals surface area contributed by atoms with Crippen molar-refractivity contribution in [3.63, 3.8) is 0 Å². The van der Waals surface area contributed by atoms with Crippen LogP contribution in [0.2, 0.25) is 0 Å². The molecule has 1 aromatic carbocycles. The van der Waals surface area contributed by atoms with Crippen LogP contribution in [0.25, 0.3) is 10.9 Å². The molecule has 2 heterocycles. The van der Waals surface area contributed by atoms with E-state index in [1.807, 2.05) is 18.2 Å². The van der Waals surface area contributed by atoms with Crippen LogP contribution in [0.3, 0.4) is 0 Å². The second-order valence-electron chi connectivity index (χ2n) is 5.06. The zero-order chi connectivity index (χ0) is 13.2. The van der Waals surface area contributed by atoms with Gasteiger partial charge in [0.25, 0.3) is 5.56 Å². The minimum absolute atomic E-state index is 0.00137. The van der Waals surface area contributed by atoms with Crippen molar-refractivity contribution in [2.45, 2.75) is 31.5 Å². The Morgan fingerprint density at radius 3 is 3.00 bits per heavy atom. The smallest absolute Gasteiger partial charge is 0.261 e. The van der Waals surface area contributed by atoms with Gasteiger partial charge in [-0.15, -0.1) is 0 Å². The topological polar surface area (TPSA) is 67.2 Å². The van der Waals surface area contributed by atoms with E-state index in [9.17, 15) is 9.90 Å². The van der Waals surface area contributed by atoms with Gasteiger partial charge in [-0.1, -0.05) is 12.1 Å². The first-order valence-electron chi connectivity index (χ1n) is 6.59. The number of aromatic nitrogens is 2. The molecule has 1 aliphatic rings. The molecule has 1 saturated heterocycles. The van der Waals surface area contributed by atoms with Gasteiger partial charge in [-0.05, 0) is 25.0 Å². The quantitative estimate of drug-likeness (QED) is 0.824. The summed E-state index contributed by atoms with van der Waals surface area (Å²) in [6.45, 7) is 1.20. The van der Waals surface area contributed by atoms with Crippen LogP contribution in [0.4, 0.5) is 0 Å². The molecule has 2 unspecified atom stereocenters. The van der Waals surface area contributed by atoms with Crippen molar-refractivity contribution in [1.29, 1.82) is 0 Å². The average Bonchev–Trinajstić information content (AvgIpc) is 2.45. The monoisotopic (exact) mass is 259 g/mol. The summed E-state index contributed by atoms with van der Waals surface area (Å²) in [5, 5.41) is 13.4. The first-order valence-corrected chi connectivity index (χ1v) is 6.59. The minimum Gasteiger partial charge on any atom is -0.392 e. The molecule has 3 rings (SSSR count). The third kappa shape index (κ3) is 2.52. The molecule has 1 fully saturated rings. The van der Waals surface area contributed by atoms with Crippen molar-refractivity contribution in [1.82, 2.24) is 14.9 Å². The first-order chi connectivity index (χ1) is 9.24. The van der Waals surface area contributed by atoms with Crippen molar-refractivity contribution in [3.8, 4) is 0 Å².